The van der Waals surface area contributed by atoms with Gasteiger partial charge >= 0.3 is 0 Å². The first-order valence-corrected chi connectivity index (χ1v) is 7.54. The van der Waals surface area contributed by atoms with Gasteiger partial charge in [-0.3, -0.25) is 4.79 Å². The van der Waals surface area contributed by atoms with Crippen LogP contribution in [0, 0.1) is 5.92 Å². The van der Waals surface area contributed by atoms with Crippen LogP contribution in [0.2, 0.25) is 0 Å². The topological polar surface area (TPSA) is 46.3 Å². The summed E-state index contributed by atoms with van der Waals surface area (Å²) in [5.74, 6) is 0.350. The Kier molecular flexibility index (Phi) is 4.40. The molecule has 0 aliphatic carbocycles. The van der Waals surface area contributed by atoms with Gasteiger partial charge in [0, 0.05) is 29.4 Å². The number of nitrogens with two attached hydrogens (primary N) is 1. The third-order valence-electron chi connectivity index (χ3n) is 3.71. The van der Waals surface area contributed by atoms with E-state index in [-0.39, 0.29) is 23.9 Å². The molecular weight excluding hydrogens is 244 g/mol. The Bertz CT molecular complexity index is 391. The Balaban J connectivity index is 1.94. The Hall–Kier alpha value is -0.870. The first-order chi connectivity index (χ1) is 8.58. The van der Waals surface area contributed by atoms with Crippen molar-refractivity contribution in [1.29, 1.82) is 0 Å². The smallest absolute Gasteiger partial charge is 0.226 e. The van der Waals surface area contributed by atoms with Gasteiger partial charge in [-0.1, -0.05) is 13.0 Å². The van der Waals surface area contributed by atoms with Crippen LogP contribution in [0.5, 0.6) is 0 Å². The SMILES string of the molecule is C[C@H](Cc1cccs1)C(=O)N1CC[C@@H](N)C[C@H]1C. The molecule has 1 aromatic rings. The van der Waals surface area contributed by atoms with Gasteiger partial charge in [0.25, 0.3) is 0 Å². The predicted molar refractivity (Wildman–Crippen MR) is 75.6 cm³/mol. The Morgan fingerprint density at radius 1 is 1.67 bits per heavy atom. The lowest BCUT2D eigenvalue weighted by atomic mass is 9.96. The number of rotatable bonds is 3. The lowest BCUT2D eigenvalue weighted by molar-refractivity contribution is -0.138. The van der Waals surface area contributed by atoms with Crippen molar-refractivity contribution in [2.45, 2.75) is 45.2 Å². The number of carbonyl (C=O) groups is 1. The molecule has 2 heterocycles. The third-order valence-corrected chi connectivity index (χ3v) is 4.61. The van der Waals surface area contributed by atoms with Crippen molar-refractivity contribution in [2.24, 2.45) is 11.7 Å². The maximum atomic E-state index is 12.4. The van der Waals surface area contributed by atoms with Gasteiger partial charge < -0.3 is 10.6 Å². The molecule has 2 rings (SSSR count). The highest BCUT2D eigenvalue weighted by Crippen LogP contribution is 2.21. The van der Waals surface area contributed by atoms with E-state index in [0.29, 0.717) is 0 Å². The zero-order valence-corrected chi connectivity index (χ0v) is 12.0. The molecule has 0 aromatic carbocycles. The van der Waals surface area contributed by atoms with Gasteiger partial charge in [0.05, 0.1) is 0 Å². The molecule has 0 radical (unpaired) electrons. The summed E-state index contributed by atoms with van der Waals surface area (Å²) in [7, 11) is 0. The average molecular weight is 266 g/mol. The second-order valence-corrected chi connectivity index (χ2v) is 6.38. The highest BCUT2D eigenvalue weighted by Gasteiger charge is 2.29. The van der Waals surface area contributed by atoms with Crippen LogP contribution in [0.15, 0.2) is 17.5 Å². The van der Waals surface area contributed by atoms with E-state index in [9.17, 15) is 4.79 Å². The molecular formula is C14H22N2OS. The van der Waals surface area contributed by atoms with Gasteiger partial charge in [-0.05, 0) is 37.6 Å². The molecule has 1 aliphatic heterocycles. The Morgan fingerprint density at radius 2 is 2.44 bits per heavy atom. The fourth-order valence-electron chi connectivity index (χ4n) is 2.64. The molecule has 1 fully saturated rings. The second kappa shape index (κ2) is 5.85. The molecule has 0 bridgehead atoms. The summed E-state index contributed by atoms with van der Waals surface area (Å²) < 4.78 is 0. The van der Waals surface area contributed by atoms with Crippen LogP contribution in [-0.4, -0.2) is 29.4 Å². The zero-order valence-electron chi connectivity index (χ0n) is 11.1. The standard InChI is InChI=1S/C14H22N2OS/c1-10(8-13-4-3-7-18-13)14(17)16-6-5-12(15)9-11(16)2/h3-4,7,10-12H,5-6,8-9,15H2,1-2H3/t10-,11-,12-/m1/s1. The number of nitrogens with zero attached hydrogens (tertiary/aromatic N) is 1. The van der Waals surface area contributed by atoms with Gasteiger partial charge in [0.2, 0.25) is 5.91 Å². The van der Waals surface area contributed by atoms with E-state index < -0.39 is 0 Å². The summed E-state index contributed by atoms with van der Waals surface area (Å²) in [6.45, 7) is 4.95. The van der Waals surface area contributed by atoms with Crippen LogP contribution in [0.25, 0.3) is 0 Å². The van der Waals surface area contributed by atoms with Crippen molar-refractivity contribution in [3.63, 3.8) is 0 Å². The van der Waals surface area contributed by atoms with E-state index in [1.807, 2.05) is 17.9 Å². The summed E-state index contributed by atoms with van der Waals surface area (Å²) >= 11 is 1.73. The molecule has 0 unspecified atom stereocenters. The molecule has 3 atom stereocenters. The van der Waals surface area contributed by atoms with E-state index in [2.05, 4.69) is 18.4 Å². The molecule has 0 spiro atoms. The van der Waals surface area contributed by atoms with Gasteiger partial charge in [-0.2, -0.15) is 0 Å². The number of thiophene rings is 1. The first kappa shape index (κ1) is 13.6. The normalized spacial score (nSPS) is 26.1. The number of carbonyl (C=O) groups excluding carboxylic acids is 1. The van der Waals surface area contributed by atoms with Crippen molar-refractivity contribution < 1.29 is 4.79 Å². The molecule has 4 heteroatoms. The third kappa shape index (κ3) is 3.12. The maximum Gasteiger partial charge on any atom is 0.226 e. The van der Waals surface area contributed by atoms with Crippen molar-refractivity contribution in [2.75, 3.05) is 6.54 Å². The van der Waals surface area contributed by atoms with Crippen molar-refractivity contribution >= 4 is 17.2 Å². The molecule has 0 saturated carbocycles. The lowest BCUT2D eigenvalue weighted by Gasteiger charge is -2.37. The van der Waals surface area contributed by atoms with Gasteiger partial charge in [-0.25, -0.2) is 0 Å². The summed E-state index contributed by atoms with van der Waals surface area (Å²) in [6.07, 6.45) is 2.71. The molecule has 1 saturated heterocycles. The minimum atomic E-state index is 0.0698. The number of amides is 1. The van der Waals surface area contributed by atoms with Crippen LogP contribution in [0.3, 0.4) is 0 Å². The quantitative estimate of drug-likeness (QED) is 0.912. The van der Waals surface area contributed by atoms with Crippen molar-refractivity contribution in [1.82, 2.24) is 4.90 Å². The van der Waals surface area contributed by atoms with Crippen molar-refractivity contribution in [3.8, 4) is 0 Å². The van der Waals surface area contributed by atoms with E-state index in [1.165, 1.54) is 4.88 Å². The summed E-state index contributed by atoms with van der Waals surface area (Å²) in [6, 6.07) is 4.69. The largest absolute Gasteiger partial charge is 0.340 e. The van der Waals surface area contributed by atoms with Crippen LogP contribution in [-0.2, 0) is 11.2 Å². The molecule has 1 amide bonds. The van der Waals surface area contributed by atoms with E-state index in [1.54, 1.807) is 11.3 Å². The van der Waals surface area contributed by atoms with E-state index in [0.717, 1.165) is 25.8 Å². The van der Waals surface area contributed by atoms with Crippen LogP contribution in [0.1, 0.15) is 31.6 Å². The number of piperidine rings is 1. The van der Waals surface area contributed by atoms with E-state index in [4.69, 9.17) is 5.73 Å². The summed E-state index contributed by atoms with van der Waals surface area (Å²) in [4.78, 5) is 15.7. The molecule has 18 heavy (non-hydrogen) atoms. The van der Waals surface area contributed by atoms with Gasteiger partial charge in [0.15, 0.2) is 0 Å². The average Bonchev–Trinajstić information content (AvgIpc) is 2.81. The Morgan fingerprint density at radius 3 is 3.06 bits per heavy atom. The monoisotopic (exact) mass is 266 g/mol. The molecule has 2 N–H and O–H groups in total. The van der Waals surface area contributed by atoms with Crippen LogP contribution >= 0.6 is 11.3 Å². The highest BCUT2D eigenvalue weighted by molar-refractivity contribution is 7.09. The number of hydrogen-bond acceptors (Lipinski definition) is 3. The first-order valence-electron chi connectivity index (χ1n) is 6.66. The second-order valence-electron chi connectivity index (χ2n) is 5.35. The van der Waals surface area contributed by atoms with Crippen molar-refractivity contribution in [3.05, 3.63) is 22.4 Å². The molecule has 3 nitrogen and oxygen atoms in total. The van der Waals surface area contributed by atoms with Gasteiger partial charge in [0.1, 0.15) is 0 Å². The van der Waals surface area contributed by atoms with E-state index >= 15 is 0 Å². The minimum Gasteiger partial charge on any atom is -0.340 e. The lowest BCUT2D eigenvalue weighted by Crippen LogP contribution is -2.50. The minimum absolute atomic E-state index is 0.0698. The van der Waals surface area contributed by atoms with Crippen LogP contribution < -0.4 is 5.73 Å². The molecule has 1 aromatic heterocycles. The number of likely N-dealkylation sites (tertiary alicyclic amines) is 1. The molecule has 100 valence electrons. The highest BCUT2D eigenvalue weighted by atomic mass is 32.1. The predicted octanol–water partition coefficient (Wildman–Crippen LogP) is 2.26. The fraction of sp³-hybridized carbons (Fsp3) is 0.643. The summed E-state index contributed by atoms with van der Waals surface area (Å²) in [5.41, 5.74) is 5.94. The molecule has 1 aliphatic rings. The summed E-state index contributed by atoms with van der Waals surface area (Å²) in [5, 5.41) is 2.06. The zero-order chi connectivity index (χ0) is 13.1. The van der Waals surface area contributed by atoms with Gasteiger partial charge in [-0.15, -0.1) is 11.3 Å². The fourth-order valence-corrected chi connectivity index (χ4v) is 3.47. The van der Waals surface area contributed by atoms with Crippen LogP contribution in [0.4, 0.5) is 0 Å². The maximum absolute atomic E-state index is 12.4. The Labute approximate surface area is 113 Å². The number of hydrogen-bond donors (Lipinski definition) is 1.